The average Bonchev–Trinajstić information content (AvgIpc) is 2.60. The van der Waals surface area contributed by atoms with Gasteiger partial charge in [0.05, 0.1) is 16.6 Å². The van der Waals surface area contributed by atoms with Gasteiger partial charge in [-0.05, 0) is 17.9 Å². The van der Waals surface area contributed by atoms with Crippen molar-refractivity contribution in [1.29, 1.82) is 0 Å². The van der Waals surface area contributed by atoms with E-state index in [4.69, 9.17) is 0 Å². The molecule has 0 atom stereocenters. The van der Waals surface area contributed by atoms with Gasteiger partial charge in [-0.1, -0.05) is 0 Å². The largest absolute Gasteiger partial charge is 0.390 e. The number of nitrogens with one attached hydrogen (secondary N) is 1. The van der Waals surface area contributed by atoms with Gasteiger partial charge in [-0.15, -0.1) is 11.3 Å². The molecule has 2 aromatic heterocycles. The smallest absolute Gasteiger partial charge is 0.368 e. The van der Waals surface area contributed by atoms with Crippen molar-refractivity contribution >= 4 is 27.4 Å². The molecule has 3 nitrogen and oxygen atoms in total. The second kappa shape index (κ2) is 4.48. The van der Waals surface area contributed by atoms with Crippen LogP contribution in [0.1, 0.15) is 12.0 Å². The normalized spacial score (nSPS) is 12.0. The van der Waals surface area contributed by atoms with E-state index in [1.54, 1.807) is 0 Å². The Morgan fingerprint density at radius 3 is 2.82 bits per heavy atom. The highest BCUT2D eigenvalue weighted by Gasteiger charge is 2.26. The van der Waals surface area contributed by atoms with Crippen molar-refractivity contribution in [3.8, 4) is 0 Å². The van der Waals surface area contributed by atoms with Crippen LogP contribution in [0.15, 0.2) is 11.7 Å². The van der Waals surface area contributed by atoms with Crippen molar-refractivity contribution in [2.24, 2.45) is 0 Å². The van der Waals surface area contributed by atoms with Crippen molar-refractivity contribution < 1.29 is 13.2 Å². The third-order valence-corrected chi connectivity index (χ3v) is 3.33. The van der Waals surface area contributed by atoms with Crippen LogP contribution in [0.4, 0.5) is 19.0 Å². The molecule has 0 aliphatic carbocycles. The number of fused-ring (bicyclic) bond motifs is 1. The second-order valence-corrected chi connectivity index (χ2v) is 4.49. The summed E-state index contributed by atoms with van der Waals surface area (Å²) >= 11 is 1.43. The first-order chi connectivity index (χ1) is 7.97. The van der Waals surface area contributed by atoms with E-state index in [2.05, 4.69) is 15.3 Å². The first-order valence-corrected chi connectivity index (χ1v) is 5.85. The predicted molar refractivity (Wildman–Crippen MR) is 61.3 cm³/mol. The number of nitrogens with zero attached hydrogens (tertiary/aromatic N) is 2. The number of aryl methyl sites for hydroxylation is 1. The first kappa shape index (κ1) is 12.1. The molecule has 92 valence electrons. The molecule has 0 bridgehead atoms. The summed E-state index contributed by atoms with van der Waals surface area (Å²) in [4.78, 5) is 8.06. The molecule has 2 rings (SSSR count). The number of thiophene rings is 1. The van der Waals surface area contributed by atoms with Gasteiger partial charge < -0.3 is 5.32 Å². The molecule has 1 N–H and O–H groups in total. The third-order valence-electron chi connectivity index (χ3n) is 2.23. The molecule has 0 aliphatic heterocycles. The molecule has 0 radical (unpaired) electrons. The van der Waals surface area contributed by atoms with Crippen LogP contribution < -0.4 is 5.32 Å². The molecule has 2 aromatic rings. The molecule has 0 unspecified atom stereocenters. The fourth-order valence-electron chi connectivity index (χ4n) is 1.42. The van der Waals surface area contributed by atoms with Crippen molar-refractivity contribution in [1.82, 2.24) is 9.97 Å². The SMILES string of the molecule is Cc1csc2c(NCCC(F)(F)F)ncnc12. The number of hydrogen-bond donors (Lipinski definition) is 1. The lowest BCUT2D eigenvalue weighted by molar-refractivity contribution is -0.131. The highest BCUT2D eigenvalue weighted by molar-refractivity contribution is 7.18. The van der Waals surface area contributed by atoms with Gasteiger partial charge in [0.1, 0.15) is 12.1 Å². The average molecular weight is 261 g/mol. The predicted octanol–water partition coefficient (Wildman–Crippen LogP) is 3.36. The highest BCUT2D eigenvalue weighted by atomic mass is 32.1. The molecule has 0 fully saturated rings. The number of aromatic nitrogens is 2. The maximum Gasteiger partial charge on any atom is 0.390 e. The lowest BCUT2D eigenvalue weighted by Crippen LogP contribution is -2.15. The Morgan fingerprint density at radius 1 is 1.35 bits per heavy atom. The summed E-state index contributed by atoms with van der Waals surface area (Å²) in [6.45, 7) is 1.73. The Hall–Kier alpha value is -1.37. The zero-order valence-electron chi connectivity index (χ0n) is 9.01. The minimum absolute atomic E-state index is 0.174. The van der Waals surface area contributed by atoms with E-state index < -0.39 is 12.6 Å². The summed E-state index contributed by atoms with van der Waals surface area (Å²) in [7, 11) is 0. The van der Waals surface area contributed by atoms with Gasteiger partial charge in [-0.2, -0.15) is 13.2 Å². The van der Waals surface area contributed by atoms with Crippen molar-refractivity contribution in [2.75, 3.05) is 11.9 Å². The van der Waals surface area contributed by atoms with E-state index in [0.29, 0.717) is 5.82 Å². The Morgan fingerprint density at radius 2 is 2.12 bits per heavy atom. The molecule has 0 saturated heterocycles. The molecule has 2 heterocycles. The van der Waals surface area contributed by atoms with Crippen LogP contribution in [0.25, 0.3) is 10.2 Å². The quantitative estimate of drug-likeness (QED) is 0.920. The Bertz CT molecular complexity index is 521. The Kier molecular flexibility index (Phi) is 3.19. The van der Waals surface area contributed by atoms with Crippen molar-refractivity contribution in [3.63, 3.8) is 0 Å². The number of hydrogen-bond acceptors (Lipinski definition) is 4. The molecule has 7 heteroatoms. The van der Waals surface area contributed by atoms with Gasteiger partial charge in [-0.25, -0.2) is 9.97 Å². The van der Waals surface area contributed by atoms with Crippen LogP contribution in [-0.4, -0.2) is 22.7 Å². The number of halogens is 3. The fraction of sp³-hybridized carbons (Fsp3) is 0.400. The minimum atomic E-state index is -4.15. The molecule has 0 amide bonds. The summed E-state index contributed by atoms with van der Waals surface area (Å²) in [5.74, 6) is 0.470. The topological polar surface area (TPSA) is 37.8 Å². The monoisotopic (exact) mass is 261 g/mol. The lowest BCUT2D eigenvalue weighted by atomic mass is 10.3. The summed E-state index contributed by atoms with van der Waals surface area (Å²) in [5.41, 5.74) is 1.80. The molecule has 0 spiro atoms. The second-order valence-electron chi connectivity index (χ2n) is 3.61. The maximum absolute atomic E-state index is 12.0. The number of anilines is 1. The van der Waals surface area contributed by atoms with E-state index in [1.807, 2.05) is 12.3 Å². The van der Waals surface area contributed by atoms with Gasteiger partial charge in [0.15, 0.2) is 0 Å². The summed E-state index contributed by atoms with van der Waals surface area (Å²) < 4.78 is 36.8. The zero-order valence-corrected chi connectivity index (χ0v) is 9.82. The lowest BCUT2D eigenvalue weighted by Gasteiger charge is -2.08. The minimum Gasteiger partial charge on any atom is -0.368 e. The van der Waals surface area contributed by atoms with E-state index in [9.17, 15) is 13.2 Å². The van der Waals surface area contributed by atoms with Crippen LogP contribution in [0.2, 0.25) is 0 Å². The highest BCUT2D eigenvalue weighted by Crippen LogP contribution is 2.28. The van der Waals surface area contributed by atoms with Gasteiger partial charge in [0.25, 0.3) is 0 Å². The van der Waals surface area contributed by atoms with E-state index >= 15 is 0 Å². The van der Waals surface area contributed by atoms with Crippen LogP contribution in [0.3, 0.4) is 0 Å². The van der Waals surface area contributed by atoms with Gasteiger partial charge in [-0.3, -0.25) is 0 Å². The summed E-state index contributed by atoms with van der Waals surface area (Å²) in [6.07, 6.45) is -3.66. The van der Waals surface area contributed by atoms with Crippen molar-refractivity contribution in [3.05, 3.63) is 17.3 Å². The third kappa shape index (κ3) is 2.85. The summed E-state index contributed by atoms with van der Waals surface area (Å²) in [5, 5.41) is 4.61. The van der Waals surface area contributed by atoms with Crippen LogP contribution in [0, 0.1) is 6.92 Å². The molecular formula is C10H10F3N3S. The van der Waals surface area contributed by atoms with E-state index in [0.717, 1.165) is 15.8 Å². The molecule has 17 heavy (non-hydrogen) atoms. The number of alkyl halides is 3. The van der Waals surface area contributed by atoms with Gasteiger partial charge in [0, 0.05) is 6.54 Å². The Balaban J connectivity index is 2.14. The molecule has 0 aliphatic rings. The van der Waals surface area contributed by atoms with Gasteiger partial charge in [0.2, 0.25) is 0 Å². The fourth-order valence-corrected chi connectivity index (χ4v) is 2.39. The van der Waals surface area contributed by atoms with Crippen LogP contribution in [0.5, 0.6) is 0 Å². The van der Waals surface area contributed by atoms with Crippen molar-refractivity contribution in [2.45, 2.75) is 19.5 Å². The summed E-state index contributed by atoms with van der Waals surface area (Å²) in [6, 6.07) is 0. The first-order valence-electron chi connectivity index (χ1n) is 4.97. The van der Waals surface area contributed by atoms with Crippen LogP contribution >= 0.6 is 11.3 Å². The molecular weight excluding hydrogens is 251 g/mol. The zero-order chi connectivity index (χ0) is 12.5. The van der Waals surface area contributed by atoms with E-state index in [-0.39, 0.29) is 6.54 Å². The Labute approximate surface area is 99.7 Å². The molecule has 0 aromatic carbocycles. The standard InChI is InChI=1S/C10H10F3N3S/c1-6-4-17-8-7(6)15-5-16-9(8)14-3-2-10(11,12)13/h4-5H,2-3H2,1H3,(H,14,15,16). The van der Waals surface area contributed by atoms with Gasteiger partial charge >= 0.3 is 6.18 Å². The van der Waals surface area contributed by atoms with Crippen LogP contribution in [-0.2, 0) is 0 Å². The maximum atomic E-state index is 12.0. The molecule has 0 saturated carbocycles. The van der Waals surface area contributed by atoms with E-state index in [1.165, 1.54) is 17.7 Å². The number of rotatable bonds is 3.